The number of alkyl carbamates (subject to hydrolysis) is 1. The molecule has 0 unspecified atom stereocenters. The number of aromatic hydroxyl groups is 1. The van der Waals surface area contributed by atoms with Crippen LogP contribution in [0.4, 0.5) is 15.3 Å². The summed E-state index contributed by atoms with van der Waals surface area (Å²) in [4.78, 5) is 49.0. The van der Waals surface area contributed by atoms with Gasteiger partial charge < -0.3 is 49.5 Å². The summed E-state index contributed by atoms with van der Waals surface area (Å²) >= 11 is 0. The monoisotopic (exact) mass is 741 g/mol. The third-order valence-corrected chi connectivity index (χ3v) is 9.49. The van der Waals surface area contributed by atoms with E-state index in [1.165, 1.54) is 30.3 Å². The number of carbonyl (C=O) groups excluding carboxylic acids is 2. The molecule has 6 rings (SSSR count). The second-order valence-electron chi connectivity index (χ2n) is 13.0. The van der Waals surface area contributed by atoms with Crippen molar-refractivity contribution in [2.45, 2.75) is 25.7 Å². The molecule has 1 saturated carbocycles. The summed E-state index contributed by atoms with van der Waals surface area (Å²) in [5.74, 6) is 7.05. The predicted molar refractivity (Wildman–Crippen MR) is 199 cm³/mol. The lowest BCUT2D eigenvalue weighted by Gasteiger charge is -2.17. The topological polar surface area (TPSA) is 195 Å². The lowest BCUT2D eigenvalue weighted by atomic mass is 9.90. The van der Waals surface area contributed by atoms with Gasteiger partial charge in [-0.15, -0.1) is 11.8 Å². The van der Waals surface area contributed by atoms with Gasteiger partial charge in [0.2, 0.25) is 0 Å². The molecule has 1 fully saturated rings. The molecule has 1 aliphatic heterocycles. The van der Waals surface area contributed by atoms with Gasteiger partial charge in [0, 0.05) is 60.3 Å². The van der Waals surface area contributed by atoms with E-state index in [0.29, 0.717) is 86.0 Å². The number of ether oxygens (including phenoxy) is 4. The summed E-state index contributed by atoms with van der Waals surface area (Å²) in [7, 11) is 0. The largest absolute Gasteiger partial charge is 0.508 e. The minimum absolute atomic E-state index is 0.0521. The van der Waals surface area contributed by atoms with Crippen LogP contribution in [0.1, 0.15) is 36.0 Å². The Labute approximate surface area is 311 Å². The molecule has 2 aromatic rings. The highest BCUT2D eigenvalue weighted by Gasteiger charge is 2.49. The van der Waals surface area contributed by atoms with Crippen LogP contribution in [-0.2, 0) is 18.9 Å². The average Bonchev–Trinajstić information content (AvgIpc) is 3.79. The fourth-order valence-corrected chi connectivity index (χ4v) is 6.85. The molecule has 5 N–H and O–H groups in total. The second-order valence-corrected chi connectivity index (χ2v) is 13.0. The summed E-state index contributed by atoms with van der Waals surface area (Å²) in [5.41, 5.74) is 1.50. The number of hydrogen-bond acceptors (Lipinski definition) is 10. The van der Waals surface area contributed by atoms with Crippen molar-refractivity contribution in [3.63, 3.8) is 0 Å². The smallest absolute Gasteiger partial charge is 0.407 e. The Kier molecular flexibility index (Phi) is 13.0. The van der Waals surface area contributed by atoms with Crippen LogP contribution in [-0.4, -0.2) is 87.6 Å². The Morgan fingerprint density at radius 2 is 1.46 bits per heavy atom. The summed E-state index contributed by atoms with van der Waals surface area (Å²) in [6, 6.07) is 12.7. The van der Waals surface area contributed by atoms with E-state index in [4.69, 9.17) is 23.4 Å². The number of rotatable bonds is 17. The van der Waals surface area contributed by atoms with Crippen molar-refractivity contribution >= 4 is 34.8 Å². The Balaban J connectivity index is 0.846. The number of anilines is 1. The van der Waals surface area contributed by atoms with Gasteiger partial charge >= 0.3 is 18.1 Å². The van der Waals surface area contributed by atoms with E-state index in [-0.39, 0.29) is 46.9 Å². The fraction of sp³-hybridized carbons (Fsp3) is 0.400. The molecule has 54 heavy (non-hydrogen) atoms. The maximum Gasteiger partial charge on any atom is 0.407 e. The maximum absolute atomic E-state index is 12.5. The Morgan fingerprint density at radius 3 is 2.17 bits per heavy atom. The maximum atomic E-state index is 12.5. The van der Waals surface area contributed by atoms with Crippen LogP contribution < -0.4 is 21.4 Å². The lowest BCUT2D eigenvalue weighted by molar-refractivity contribution is 0.0159. The van der Waals surface area contributed by atoms with Crippen molar-refractivity contribution in [2.24, 2.45) is 17.8 Å². The molecule has 0 radical (unpaired) electrons. The molecule has 3 amide bonds. The number of nitrogens with one attached hydrogen (secondary N) is 3. The van der Waals surface area contributed by atoms with Crippen LogP contribution in [0.15, 0.2) is 63.8 Å². The normalized spacial score (nSPS) is 17.4. The number of phenolic OH excluding ortho intramolecular Hbond substituents is 1. The van der Waals surface area contributed by atoms with Crippen LogP contribution in [0, 0.1) is 29.6 Å². The Hall–Kier alpha value is -5.62. The first-order valence-electron chi connectivity index (χ1n) is 18.0. The number of carboxylic acid groups (broad SMARTS) is 1. The molecule has 14 nitrogen and oxygen atoms in total. The molecule has 4 aliphatic rings. The van der Waals surface area contributed by atoms with E-state index in [9.17, 15) is 29.4 Å². The van der Waals surface area contributed by atoms with E-state index in [1.807, 2.05) is 0 Å². The number of carboxylic acids is 1. The van der Waals surface area contributed by atoms with Crippen LogP contribution in [0.3, 0.4) is 0 Å². The molecular weight excluding hydrogens is 698 g/mol. The number of benzene rings is 3. The zero-order chi connectivity index (χ0) is 37.9. The summed E-state index contributed by atoms with van der Waals surface area (Å²) in [6.07, 6.45) is 3.63. The van der Waals surface area contributed by atoms with Crippen molar-refractivity contribution in [3.8, 4) is 40.0 Å². The number of carbonyl (C=O) groups is 3. The van der Waals surface area contributed by atoms with Crippen LogP contribution >= 0.6 is 0 Å². The third kappa shape index (κ3) is 10.1. The van der Waals surface area contributed by atoms with Crippen molar-refractivity contribution < 1.29 is 48.0 Å². The first-order valence-corrected chi connectivity index (χ1v) is 18.0. The van der Waals surface area contributed by atoms with Gasteiger partial charge in [0.1, 0.15) is 17.1 Å². The van der Waals surface area contributed by atoms with Crippen molar-refractivity contribution in [1.82, 2.24) is 10.6 Å². The molecule has 0 aromatic heterocycles. The number of fused-ring (bicyclic) bond motifs is 3. The molecule has 3 atom stereocenters. The summed E-state index contributed by atoms with van der Waals surface area (Å²) in [5, 5.41) is 28.7. The molecule has 284 valence electrons. The SMILES string of the molecule is O=C(NCCOCCOCCOCCNC(=O)OC[C@@H]1[C@@H]2CCC#CCC[C@@H]21)Nc1ccc(-c2c3ccc(=O)cc-3oc3cc(O)ccc23)c(C(=O)O)c1. The highest BCUT2D eigenvalue weighted by atomic mass is 16.6. The van der Waals surface area contributed by atoms with Gasteiger partial charge in [0.05, 0.1) is 51.8 Å². The molecular formula is C40H43N3O11. The molecule has 0 bridgehead atoms. The Morgan fingerprint density at radius 1 is 0.796 bits per heavy atom. The van der Waals surface area contributed by atoms with Crippen LogP contribution in [0.2, 0.25) is 0 Å². The van der Waals surface area contributed by atoms with Crippen molar-refractivity contribution in [1.29, 1.82) is 0 Å². The third-order valence-electron chi connectivity index (χ3n) is 9.49. The van der Waals surface area contributed by atoms with Gasteiger partial charge in [-0.1, -0.05) is 6.07 Å². The zero-order valence-corrected chi connectivity index (χ0v) is 29.7. The molecule has 3 aliphatic carbocycles. The lowest BCUT2D eigenvalue weighted by Crippen LogP contribution is -2.31. The number of amides is 3. The second kappa shape index (κ2) is 18.4. The number of urea groups is 1. The van der Waals surface area contributed by atoms with Crippen molar-refractivity contribution in [2.75, 3.05) is 64.7 Å². The summed E-state index contributed by atoms with van der Waals surface area (Å²) < 4.78 is 27.7. The number of hydrogen-bond donors (Lipinski definition) is 5. The van der Waals surface area contributed by atoms with Gasteiger partial charge in [-0.3, -0.25) is 4.79 Å². The number of phenols is 1. The van der Waals surface area contributed by atoms with E-state index in [0.717, 1.165) is 25.7 Å². The highest BCUT2D eigenvalue weighted by Crippen LogP contribution is 2.52. The fourth-order valence-electron chi connectivity index (χ4n) is 6.85. The summed E-state index contributed by atoms with van der Waals surface area (Å²) in [6.45, 7) is 2.92. The molecule has 0 saturated heterocycles. The van der Waals surface area contributed by atoms with Gasteiger partial charge in [-0.2, -0.15) is 0 Å². The van der Waals surface area contributed by atoms with Crippen LogP contribution in [0.25, 0.3) is 33.4 Å². The quantitative estimate of drug-likeness (QED) is 0.0535. The van der Waals surface area contributed by atoms with E-state index >= 15 is 0 Å². The minimum atomic E-state index is -1.23. The van der Waals surface area contributed by atoms with E-state index in [1.54, 1.807) is 24.3 Å². The van der Waals surface area contributed by atoms with Gasteiger partial charge in [-0.05, 0) is 72.6 Å². The van der Waals surface area contributed by atoms with E-state index < -0.39 is 18.1 Å². The van der Waals surface area contributed by atoms with E-state index in [2.05, 4.69) is 27.8 Å². The number of aromatic carboxylic acids is 1. The highest BCUT2D eigenvalue weighted by molar-refractivity contribution is 6.08. The molecule has 2 aromatic carbocycles. The average molecular weight is 742 g/mol. The minimum Gasteiger partial charge on any atom is -0.508 e. The molecule has 1 heterocycles. The van der Waals surface area contributed by atoms with Crippen molar-refractivity contribution in [3.05, 3.63) is 70.4 Å². The molecule has 14 heteroatoms. The van der Waals surface area contributed by atoms with Gasteiger partial charge in [0.25, 0.3) is 0 Å². The van der Waals surface area contributed by atoms with Gasteiger partial charge in [-0.25, -0.2) is 14.4 Å². The first kappa shape index (κ1) is 38.1. The van der Waals surface area contributed by atoms with Gasteiger partial charge in [0.15, 0.2) is 5.43 Å². The standard InChI is InChI=1S/C40H43N3O11/c44-26-8-11-31-35(22-26)54-36-23-27(45)9-12-32(36)37(31)30-10-7-25(21-33(30)38(46)47)43-39(48)41-13-15-50-17-19-52-20-18-51-16-14-42-40(49)53-24-34-28-5-3-1-2-4-6-29(28)34/h7-12,21-23,28-29,34,44H,3-6,13-20,24H2,(H,42,49)(H,46,47)(H2,41,43,48)/t28-,29+,34-. The molecule has 0 spiro atoms. The van der Waals surface area contributed by atoms with Crippen LogP contribution in [0.5, 0.6) is 5.75 Å². The first-order chi connectivity index (χ1) is 26.3. The zero-order valence-electron chi connectivity index (χ0n) is 29.7. The Bertz CT molecular complexity index is 2030. The predicted octanol–water partition coefficient (Wildman–Crippen LogP) is 5.31.